The van der Waals surface area contributed by atoms with E-state index in [1.807, 2.05) is 30.3 Å². The van der Waals surface area contributed by atoms with E-state index in [2.05, 4.69) is 20.1 Å². The first-order chi connectivity index (χ1) is 15.3. The van der Waals surface area contributed by atoms with E-state index in [0.29, 0.717) is 30.4 Å². The summed E-state index contributed by atoms with van der Waals surface area (Å²) in [7, 11) is 0. The number of morpholine rings is 1. The molecule has 1 saturated heterocycles. The third kappa shape index (κ3) is 3.63. The molecule has 10 heteroatoms. The molecule has 5 N–H and O–H groups in total. The van der Waals surface area contributed by atoms with E-state index < -0.39 is 0 Å². The highest BCUT2D eigenvalue weighted by molar-refractivity contribution is 6.01. The maximum atomic E-state index is 5.51. The van der Waals surface area contributed by atoms with Crippen LogP contribution in [0.2, 0.25) is 0 Å². The average molecular weight is 419 g/mol. The third-order valence-electron chi connectivity index (χ3n) is 5.27. The third-order valence-corrected chi connectivity index (χ3v) is 5.27. The first kappa shape index (κ1) is 19.2. The second kappa shape index (κ2) is 8.19. The molecule has 10 nitrogen and oxygen atoms in total. The van der Waals surface area contributed by atoms with Gasteiger partial charge in [0, 0.05) is 36.9 Å². The quantitative estimate of drug-likeness (QED) is 0.415. The molecule has 0 radical (unpaired) electrons. The van der Waals surface area contributed by atoms with Gasteiger partial charge in [0.25, 0.3) is 0 Å². The summed E-state index contributed by atoms with van der Waals surface area (Å²) in [5.41, 5.74) is 4.00. The summed E-state index contributed by atoms with van der Waals surface area (Å²) in [5.74, 6) is 12.5. The van der Waals surface area contributed by atoms with Crippen molar-refractivity contribution >= 4 is 16.7 Å². The first-order valence-corrected chi connectivity index (χ1v) is 9.78. The number of aromatic amines is 1. The minimum Gasteiger partial charge on any atom is -0.411 e. The topological polar surface area (TPSA) is 137 Å². The minimum atomic E-state index is 0.429. The van der Waals surface area contributed by atoms with Gasteiger partial charge in [0.05, 0.1) is 18.9 Å². The second-order valence-corrected chi connectivity index (χ2v) is 7.08. The number of hydrogen-bond donors (Lipinski definition) is 3. The van der Waals surface area contributed by atoms with Crippen molar-refractivity contribution in [2.45, 2.75) is 0 Å². The number of rotatable bonds is 5. The van der Waals surface area contributed by atoms with Crippen molar-refractivity contribution in [3.63, 3.8) is 0 Å². The van der Waals surface area contributed by atoms with Crippen LogP contribution in [0, 0.1) is 0 Å². The summed E-state index contributed by atoms with van der Waals surface area (Å²) < 4.78 is 5.51. The standard InChI is InChI=1S/C21H21N7O3/c22-30-14-9-13(10-15(11-14)31-23)17-12-19(28-5-7-29-8-6-28)26-20-16(17)1-3-24-21(20)18-2-4-25-27-18/h1-4,9-12H,5-8,22-23H2,(H,25,27). The van der Waals surface area contributed by atoms with Gasteiger partial charge in [0.2, 0.25) is 0 Å². The molecular weight excluding hydrogens is 398 g/mol. The van der Waals surface area contributed by atoms with Gasteiger partial charge in [0.15, 0.2) is 11.5 Å². The highest BCUT2D eigenvalue weighted by Gasteiger charge is 2.19. The van der Waals surface area contributed by atoms with Crippen LogP contribution in [0.4, 0.5) is 5.82 Å². The molecule has 0 saturated carbocycles. The number of nitrogens with zero attached hydrogens (tertiary/aromatic N) is 4. The summed E-state index contributed by atoms with van der Waals surface area (Å²) in [6.45, 7) is 2.80. The molecule has 1 aliphatic heterocycles. The molecule has 1 fully saturated rings. The van der Waals surface area contributed by atoms with Crippen LogP contribution in [0.3, 0.4) is 0 Å². The largest absolute Gasteiger partial charge is 0.411 e. The molecule has 3 aromatic heterocycles. The first-order valence-electron chi connectivity index (χ1n) is 9.78. The lowest BCUT2D eigenvalue weighted by Crippen LogP contribution is -2.36. The number of aromatic nitrogens is 4. The fraction of sp³-hybridized carbons (Fsp3) is 0.190. The minimum absolute atomic E-state index is 0.429. The number of pyridine rings is 2. The fourth-order valence-corrected chi connectivity index (χ4v) is 3.78. The van der Waals surface area contributed by atoms with Gasteiger partial charge in [-0.15, -0.1) is 0 Å². The monoisotopic (exact) mass is 419 g/mol. The summed E-state index contributed by atoms with van der Waals surface area (Å²) in [6, 6.07) is 11.1. The second-order valence-electron chi connectivity index (χ2n) is 7.08. The Hall–Kier alpha value is -3.73. The average Bonchev–Trinajstić information content (AvgIpc) is 3.38. The molecular formula is C21H21N7O3. The molecule has 158 valence electrons. The van der Waals surface area contributed by atoms with Crippen molar-refractivity contribution in [2.24, 2.45) is 11.8 Å². The van der Waals surface area contributed by atoms with Gasteiger partial charge in [-0.1, -0.05) is 0 Å². The molecule has 0 aliphatic carbocycles. The van der Waals surface area contributed by atoms with Crippen LogP contribution in [0.5, 0.6) is 11.5 Å². The maximum Gasteiger partial charge on any atom is 0.151 e. The van der Waals surface area contributed by atoms with Gasteiger partial charge in [-0.2, -0.15) is 16.9 Å². The highest BCUT2D eigenvalue weighted by atomic mass is 16.6. The van der Waals surface area contributed by atoms with Crippen LogP contribution in [0.15, 0.2) is 48.8 Å². The van der Waals surface area contributed by atoms with Gasteiger partial charge in [-0.3, -0.25) is 10.1 Å². The summed E-state index contributed by atoms with van der Waals surface area (Å²) in [4.78, 5) is 21.7. The lowest BCUT2D eigenvalue weighted by molar-refractivity contribution is 0.122. The molecule has 31 heavy (non-hydrogen) atoms. The van der Waals surface area contributed by atoms with Gasteiger partial charge in [0.1, 0.15) is 17.0 Å². The van der Waals surface area contributed by atoms with Crippen LogP contribution in [-0.2, 0) is 4.74 Å². The number of ether oxygens (including phenoxy) is 1. The SMILES string of the molecule is NOc1cc(ON)cc(-c2cc(N3CCOCC3)nc3c(-c4ccn[nH]4)nccc23)c1. The fourth-order valence-electron chi connectivity index (χ4n) is 3.78. The van der Waals surface area contributed by atoms with Crippen LogP contribution in [-0.4, -0.2) is 46.5 Å². The lowest BCUT2D eigenvalue weighted by Gasteiger charge is -2.28. The normalized spacial score (nSPS) is 14.1. The summed E-state index contributed by atoms with van der Waals surface area (Å²) in [5, 5.41) is 7.96. The summed E-state index contributed by atoms with van der Waals surface area (Å²) >= 11 is 0. The van der Waals surface area contributed by atoms with E-state index in [-0.39, 0.29) is 0 Å². The zero-order valence-corrected chi connectivity index (χ0v) is 16.6. The Kier molecular flexibility index (Phi) is 5.08. The van der Waals surface area contributed by atoms with Crippen molar-refractivity contribution in [2.75, 3.05) is 31.2 Å². The van der Waals surface area contributed by atoms with Crippen molar-refractivity contribution in [1.29, 1.82) is 0 Å². The van der Waals surface area contributed by atoms with E-state index in [0.717, 1.165) is 46.6 Å². The number of benzene rings is 1. The van der Waals surface area contributed by atoms with Gasteiger partial charge >= 0.3 is 0 Å². The molecule has 0 amide bonds. The van der Waals surface area contributed by atoms with Crippen molar-refractivity contribution in [1.82, 2.24) is 20.2 Å². The Morgan fingerprint density at radius 2 is 1.74 bits per heavy atom. The zero-order chi connectivity index (χ0) is 21.2. The Morgan fingerprint density at radius 3 is 2.42 bits per heavy atom. The molecule has 0 atom stereocenters. The smallest absolute Gasteiger partial charge is 0.151 e. The number of hydrogen-bond acceptors (Lipinski definition) is 9. The lowest BCUT2D eigenvalue weighted by atomic mass is 9.99. The van der Waals surface area contributed by atoms with Crippen LogP contribution in [0.1, 0.15) is 0 Å². The predicted octanol–water partition coefficient (Wildman–Crippen LogP) is 2.03. The Balaban J connectivity index is 1.78. The molecule has 4 aromatic rings. The van der Waals surface area contributed by atoms with Gasteiger partial charge < -0.3 is 19.3 Å². The van der Waals surface area contributed by atoms with E-state index in [4.69, 9.17) is 31.2 Å². The summed E-state index contributed by atoms with van der Waals surface area (Å²) in [6.07, 6.45) is 3.44. The van der Waals surface area contributed by atoms with E-state index in [1.165, 1.54) is 0 Å². The molecule has 5 rings (SSSR count). The van der Waals surface area contributed by atoms with E-state index >= 15 is 0 Å². The molecule has 1 aliphatic rings. The van der Waals surface area contributed by atoms with E-state index in [1.54, 1.807) is 18.5 Å². The highest BCUT2D eigenvalue weighted by Crippen LogP contribution is 2.37. The molecule has 0 bridgehead atoms. The van der Waals surface area contributed by atoms with Gasteiger partial charge in [-0.05, 0) is 41.5 Å². The molecule has 4 heterocycles. The molecule has 0 unspecified atom stereocenters. The zero-order valence-electron chi connectivity index (χ0n) is 16.6. The maximum absolute atomic E-state index is 5.51. The van der Waals surface area contributed by atoms with E-state index in [9.17, 15) is 0 Å². The number of nitrogens with two attached hydrogens (primary N) is 2. The number of nitrogens with one attached hydrogen (secondary N) is 1. The van der Waals surface area contributed by atoms with Crippen LogP contribution < -0.4 is 26.4 Å². The molecule has 0 spiro atoms. The van der Waals surface area contributed by atoms with Gasteiger partial charge in [-0.25, -0.2) is 4.98 Å². The Morgan fingerprint density at radius 1 is 0.968 bits per heavy atom. The predicted molar refractivity (Wildman–Crippen MR) is 115 cm³/mol. The van der Waals surface area contributed by atoms with Crippen molar-refractivity contribution in [3.8, 4) is 34.0 Å². The Bertz CT molecular complexity index is 1190. The van der Waals surface area contributed by atoms with Crippen molar-refractivity contribution < 1.29 is 14.4 Å². The number of H-pyrrole nitrogens is 1. The Labute approximate surface area is 177 Å². The number of fused-ring (bicyclic) bond motifs is 1. The van der Waals surface area contributed by atoms with Crippen LogP contribution >= 0.6 is 0 Å². The molecule has 1 aromatic carbocycles. The van der Waals surface area contributed by atoms with Crippen molar-refractivity contribution in [3.05, 3.63) is 48.8 Å². The number of anilines is 1. The van der Waals surface area contributed by atoms with Crippen LogP contribution in [0.25, 0.3) is 33.4 Å².